The van der Waals surface area contributed by atoms with Gasteiger partial charge in [-0.25, -0.2) is 9.78 Å². The van der Waals surface area contributed by atoms with Crippen LogP contribution in [-0.2, 0) is 0 Å². The van der Waals surface area contributed by atoms with Gasteiger partial charge in [-0.1, -0.05) is 18.2 Å². The normalized spacial score (nSPS) is 14.7. The van der Waals surface area contributed by atoms with Crippen molar-refractivity contribution < 1.29 is 9.90 Å². The van der Waals surface area contributed by atoms with Crippen LogP contribution in [0.5, 0.6) is 0 Å². The minimum Gasteiger partial charge on any atom is -0.476 e. The first-order valence-electron chi connectivity index (χ1n) is 5.96. The molecule has 1 fully saturated rings. The van der Waals surface area contributed by atoms with Gasteiger partial charge in [0.1, 0.15) is 0 Å². The van der Waals surface area contributed by atoms with Crippen LogP contribution in [0, 0.1) is 6.92 Å². The Balaban J connectivity index is 2.08. The zero-order chi connectivity index (χ0) is 12.7. The van der Waals surface area contributed by atoms with Crippen LogP contribution in [0.25, 0.3) is 10.4 Å². The summed E-state index contributed by atoms with van der Waals surface area (Å²) in [5.74, 6) is -0.279. The standard InChI is InChI=1S/C14H13NO2S/c1-8-15-12(14(16)17)13(18-8)11-4-2-3-10(7-11)9-5-6-9/h2-4,7,9H,5-6H2,1H3,(H,16,17). The molecule has 0 amide bonds. The van der Waals surface area contributed by atoms with Gasteiger partial charge in [0.15, 0.2) is 5.69 Å². The zero-order valence-corrected chi connectivity index (χ0v) is 10.8. The average molecular weight is 259 g/mol. The Morgan fingerprint density at radius 3 is 2.89 bits per heavy atom. The summed E-state index contributed by atoms with van der Waals surface area (Å²) in [6, 6.07) is 8.20. The van der Waals surface area contributed by atoms with Crippen LogP contribution in [0.15, 0.2) is 24.3 Å². The fraction of sp³-hybridized carbons (Fsp3) is 0.286. The smallest absolute Gasteiger partial charge is 0.356 e. The van der Waals surface area contributed by atoms with E-state index in [1.807, 2.05) is 19.1 Å². The lowest BCUT2D eigenvalue weighted by atomic mass is 10.1. The predicted octanol–water partition coefficient (Wildman–Crippen LogP) is 3.69. The van der Waals surface area contributed by atoms with Gasteiger partial charge >= 0.3 is 5.97 Å². The summed E-state index contributed by atoms with van der Waals surface area (Å²) >= 11 is 1.44. The maximum absolute atomic E-state index is 11.2. The summed E-state index contributed by atoms with van der Waals surface area (Å²) in [6.07, 6.45) is 2.49. The molecule has 1 aliphatic rings. The first-order valence-corrected chi connectivity index (χ1v) is 6.78. The van der Waals surface area contributed by atoms with Crippen LogP contribution in [0.1, 0.15) is 39.8 Å². The number of aryl methyl sites for hydroxylation is 1. The minimum absolute atomic E-state index is 0.172. The quantitative estimate of drug-likeness (QED) is 0.914. The second-order valence-electron chi connectivity index (χ2n) is 4.62. The van der Waals surface area contributed by atoms with Gasteiger partial charge in [0.25, 0.3) is 0 Å². The van der Waals surface area contributed by atoms with E-state index in [1.165, 1.54) is 29.7 Å². The van der Waals surface area contributed by atoms with Gasteiger partial charge < -0.3 is 5.11 Å². The molecular weight excluding hydrogens is 246 g/mol. The Morgan fingerprint density at radius 2 is 2.22 bits per heavy atom. The Labute approximate surface area is 109 Å². The SMILES string of the molecule is Cc1nc(C(=O)O)c(-c2cccc(C3CC3)c2)s1. The molecule has 3 nitrogen and oxygen atoms in total. The van der Waals surface area contributed by atoms with E-state index in [0.29, 0.717) is 5.92 Å². The fourth-order valence-electron chi connectivity index (χ4n) is 2.12. The summed E-state index contributed by atoms with van der Waals surface area (Å²) in [7, 11) is 0. The van der Waals surface area contributed by atoms with Gasteiger partial charge in [-0.05, 0) is 42.9 Å². The van der Waals surface area contributed by atoms with Crippen molar-refractivity contribution in [2.45, 2.75) is 25.7 Å². The van der Waals surface area contributed by atoms with E-state index >= 15 is 0 Å². The van der Waals surface area contributed by atoms with Gasteiger partial charge in [0.2, 0.25) is 0 Å². The highest BCUT2D eigenvalue weighted by Crippen LogP contribution is 2.41. The van der Waals surface area contributed by atoms with Crippen molar-refractivity contribution in [1.82, 2.24) is 4.98 Å². The van der Waals surface area contributed by atoms with Crippen LogP contribution in [-0.4, -0.2) is 16.1 Å². The summed E-state index contributed by atoms with van der Waals surface area (Å²) in [5.41, 5.74) is 2.46. The van der Waals surface area contributed by atoms with Crippen molar-refractivity contribution in [3.05, 3.63) is 40.5 Å². The first-order chi connectivity index (χ1) is 8.65. The van der Waals surface area contributed by atoms with E-state index in [1.54, 1.807) is 0 Å². The summed E-state index contributed by atoms with van der Waals surface area (Å²) in [5, 5.41) is 9.97. The summed E-state index contributed by atoms with van der Waals surface area (Å²) < 4.78 is 0. The van der Waals surface area contributed by atoms with E-state index in [9.17, 15) is 9.90 Å². The summed E-state index contributed by atoms with van der Waals surface area (Å²) in [4.78, 5) is 16.0. The number of carboxylic acids is 1. The highest BCUT2D eigenvalue weighted by molar-refractivity contribution is 7.15. The highest BCUT2D eigenvalue weighted by atomic mass is 32.1. The maximum Gasteiger partial charge on any atom is 0.356 e. The monoisotopic (exact) mass is 259 g/mol. The van der Waals surface area contributed by atoms with E-state index in [0.717, 1.165) is 15.4 Å². The lowest BCUT2D eigenvalue weighted by Crippen LogP contribution is -1.98. The molecule has 0 aliphatic heterocycles. The lowest BCUT2D eigenvalue weighted by Gasteiger charge is -2.02. The number of nitrogens with zero attached hydrogens (tertiary/aromatic N) is 1. The Hall–Kier alpha value is -1.68. The molecule has 4 heteroatoms. The molecule has 1 heterocycles. The van der Waals surface area contributed by atoms with Crippen molar-refractivity contribution in [2.24, 2.45) is 0 Å². The third-order valence-corrected chi connectivity index (χ3v) is 4.15. The van der Waals surface area contributed by atoms with Gasteiger partial charge in [0.05, 0.1) is 9.88 Å². The molecule has 92 valence electrons. The number of aromatic nitrogens is 1. The first kappa shape index (κ1) is 11.4. The van der Waals surface area contributed by atoms with Crippen LogP contribution in [0.4, 0.5) is 0 Å². The van der Waals surface area contributed by atoms with Gasteiger partial charge in [-0.3, -0.25) is 0 Å². The largest absolute Gasteiger partial charge is 0.476 e. The second-order valence-corrected chi connectivity index (χ2v) is 5.82. The van der Waals surface area contributed by atoms with E-state index in [4.69, 9.17) is 0 Å². The molecule has 0 atom stereocenters. The molecule has 1 aromatic carbocycles. The van der Waals surface area contributed by atoms with Crippen LogP contribution in [0.3, 0.4) is 0 Å². The number of hydrogen-bond acceptors (Lipinski definition) is 3. The topological polar surface area (TPSA) is 50.2 Å². The molecule has 1 N–H and O–H groups in total. The molecule has 2 aromatic rings. The molecule has 18 heavy (non-hydrogen) atoms. The van der Waals surface area contributed by atoms with Crippen molar-refractivity contribution >= 4 is 17.3 Å². The number of carbonyl (C=O) groups is 1. The van der Waals surface area contributed by atoms with Crippen molar-refractivity contribution in [3.63, 3.8) is 0 Å². The Kier molecular flexibility index (Phi) is 2.67. The van der Waals surface area contributed by atoms with Gasteiger partial charge in [0, 0.05) is 0 Å². The molecule has 0 unspecified atom stereocenters. The number of benzene rings is 1. The molecule has 1 saturated carbocycles. The van der Waals surface area contributed by atoms with E-state index < -0.39 is 5.97 Å². The molecule has 0 radical (unpaired) electrons. The molecule has 0 spiro atoms. The number of thiazole rings is 1. The molecule has 3 rings (SSSR count). The Morgan fingerprint density at radius 1 is 1.44 bits per heavy atom. The van der Waals surface area contributed by atoms with Crippen LogP contribution in [0.2, 0.25) is 0 Å². The summed E-state index contributed by atoms with van der Waals surface area (Å²) in [6.45, 7) is 1.84. The van der Waals surface area contributed by atoms with Crippen molar-refractivity contribution in [1.29, 1.82) is 0 Å². The number of carboxylic acid groups (broad SMARTS) is 1. The average Bonchev–Trinajstić information content (AvgIpc) is 3.12. The Bertz CT molecular complexity index is 614. The van der Waals surface area contributed by atoms with Crippen LogP contribution >= 0.6 is 11.3 Å². The third kappa shape index (κ3) is 2.04. The maximum atomic E-state index is 11.2. The number of rotatable bonds is 3. The molecule has 0 bridgehead atoms. The zero-order valence-electron chi connectivity index (χ0n) is 10.0. The lowest BCUT2D eigenvalue weighted by molar-refractivity contribution is 0.0692. The van der Waals surface area contributed by atoms with Gasteiger partial charge in [-0.15, -0.1) is 11.3 Å². The number of hydrogen-bond donors (Lipinski definition) is 1. The van der Waals surface area contributed by atoms with E-state index in [2.05, 4.69) is 17.1 Å². The van der Waals surface area contributed by atoms with Crippen molar-refractivity contribution in [2.75, 3.05) is 0 Å². The van der Waals surface area contributed by atoms with Crippen molar-refractivity contribution in [3.8, 4) is 10.4 Å². The minimum atomic E-state index is -0.953. The fourth-order valence-corrected chi connectivity index (χ4v) is 3.02. The van der Waals surface area contributed by atoms with Crippen LogP contribution < -0.4 is 0 Å². The van der Waals surface area contributed by atoms with Gasteiger partial charge in [-0.2, -0.15) is 0 Å². The predicted molar refractivity (Wildman–Crippen MR) is 71.2 cm³/mol. The second kappa shape index (κ2) is 4.21. The molecular formula is C14H13NO2S. The third-order valence-electron chi connectivity index (χ3n) is 3.13. The number of aromatic carboxylic acids is 1. The molecule has 1 aromatic heterocycles. The molecule has 1 aliphatic carbocycles. The highest BCUT2D eigenvalue weighted by Gasteiger charge is 2.24. The molecule has 0 saturated heterocycles. The van der Waals surface area contributed by atoms with E-state index in [-0.39, 0.29) is 5.69 Å².